The zero-order valence-electron chi connectivity index (χ0n) is 16.5. The van der Waals surface area contributed by atoms with E-state index in [0.717, 1.165) is 24.4 Å². The number of likely N-dealkylation sites (tertiary alicyclic amines) is 1. The number of amides is 2. The molecule has 2 amide bonds. The monoisotopic (exact) mass is 440 g/mol. The highest BCUT2D eigenvalue weighted by molar-refractivity contribution is 8.00. The summed E-state index contributed by atoms with van der Waals surface area (Å²) < 4.78 is 1.94. The molecule has 2 heterocycles. The molecule has 0 saturated carbocycles. The summed E-state index contributed by atoms with van der Waals surface area (Å²) in [5.74, 6) is 0.279. The van der Waals surface area contributed by atoms with Crippen LogP contribution in [0.2, 0.25) is 5.02 Å². The van der Waals surface area contributed by atoms with Crippen LogP contribution in [0.3, 0.4) is 0 Å². The molecule has 6 nitrogen and oxygen atoms in total. The van der Waals surface area contributed by atoms with E-state index in [9.17, 15) is 9.59 Å². The van der Waals surface area contributed by atoms with Crippen molar-refractivity contribution in [3.8, 4) is 5.69 Å². The van der Waals surface area contributed by atoms with Crippen molar-refractivity contribution in [1.29, 1.82) is 0 Å². The van der Waals surface area contributed by atoms with Gasteiger partial charge in [0, 0.05) is 22.8 Å². The van der Waals surface area contributed by atoms with Crippen LogP contribution in [0.25, 0.3) is 5.69 Å². The quantitative estimate of drug-likeness (QED) is 0.557. The fraction of sp³-hybridized carbons (Fsp3) is 0.273. The van der Waals surface area contributed by atoms with Crippen molar-refractivity contribution in [3.63, 3.8) is 0 Å². The number of aromatic nitrogens is 3. The Bertz CT molecular complexity index is 1050. The van der Waals surface area contributed by atoms with Crippen molar-refractivity contribution in [2.24, 2.45) is 0 Å². The number of hydrogen-bond donors (Lipinski definition) is 0. The maximum absolute atomic E-state index is 13.3. The lowest BCUT2D eigenvalue weighted by atomic mass is 10.2. The maximum atomic E-state index is 13.3. The Morgan fingerprint density at radius 3 is 2.53 bits per heavy atom. The third kappa shape index (κ3) is 4.27. The number of nitrogens with zero attached hydrogens (tertiary/aromatic N) is 4. The van der Waals surface area contributed by atoms with Crippen molar-refractivity contribution in [3.05, 3.63) is 71.0 Å². The van der Waals surface area contributed by atoms with Crippen molar-refractivity contribution >= 4 is 35.2 Å². The third-order valence-corrected chi connectivity index (χ3v) is 6.48. The van der Waals surface area contributed by atoms with Gasteiger partial charge >= 0.3 is 0 Å². The molecule has 1 saturated heterocycles. The van der Waals surface area contributed by atoms with Gasteiger partial charge in [-0.1, -0.05) is 48.0 Å². The summed E-state index contributed by atoms with van der Waals surface area (Å²) in [6, 6.07) is 16.4. The number of benzene rings is 2. The van der Waals surface area contributed by atoms with Crippen molar-refractivity contribution in [1.82, 2.24) is 19.7 Å². The summed E-state index contributed by atoms with van der Waals surface area (Å²) >= 11 is 7.30. The lowest BCUT2D eigenvalue weighted by Gasteiger charge is -2.22. The molecule has 1 fully saturated rings. The number of halogens is 1. The minimum absolute atomic E-state index is 0.183. The van der Waals surface area contributed by atoms with Gasteiger partial charge in [-0.2, -0.15) is 0 Å². The van der Waals surface area contributed by atoms with E-state index in [1.165, 1.54) is 16.7 Å². The number of carbonyl (C=O) groups excluding carboxylic acids is 2. The first-order valence-corrected chi connectivity index (χ1v) is 11.1. The van der Waals surface area contributed by atoms with Gasteiger partial charge in [0.25, 0.3) is 5.91 Å². The van der Waals surface area contributed by atoms with Crippen LogP contribution < -0.4 is 0 Å². The minimum Gasteiger partial charge on any atom is -0.278 e. The number of thioether (sulfide) groups is 1. The molecule has 1 aromatic heterocycles. The summed E-state index contributed by atoms with van der Waals surface area (Å²) in [4.78, 5) is 27.6. The lowest BCUT2D eigenvalue weighted by Crippen LogP contribution is -2.41. The number of carbonyl (C=O) groups is 2. The number of imide groups is 1. The van der Waals surface area contributed by atoms with E-state index < -0.39 is 5.25 Å². The number of aryl methyl sites for hydroxylation is 1. The first-order valence-electron chi connectivity index (χ1n) is 9.80. The highest BCUT2D eigenvalue weighted by Gasteiger charge is 2.33. The summed E-state index contributed by atoms with van der Waals surface area (Å²) in [6.45, 7) is 2.30. The van der Waals surface area contributed by atoms with Crippen molar-refractivity contribution < 1.29 is 9.59 Å². The highest BCUT2D eigenvalue weighted by atomic mass is 35.5. The van der Waals surface area contributed by atoms with Crippen molar-refractivity contribution in [2.75, 3.05) is 6.54 Å². The molecular weight excluding hydrogens is 420 g/mol. The first-order chi connectivity index (χ1) is 14.5. The predicted molar refractivity (Wildman–Crippen MR) is 117 cm³/mol. The van der Waals surface area contributed by atoms with Gasteiger partial charge in [-0.15, -0.1) is 10.2 Å². The highest BCUT2D eigenvalue weighted by Crippen LogP contribution is 2.31. The fourth-order valence-corrected chi connectivity index (χ4v) is 4.81. The number of para-hydroxylation sites is 1. The number of hydrogen-bond acceptors (Lipinski definition) is 5. The van der Waals surface area contributed by atoms with E-state index in [-0.39, 0.29) is 11.8 Å². The van der Waals surface area contributed by atoms with Crippen LogP contribution in [0.4, 0.5) is 0 Å². The lowest BCUT2D eigenvalue weighted by molar-refractivity contribution is -0.127. The molecule has 1 aliphatic heterocycles. The Hall–Kier alpha value is -2.64. The van der Waals surface area contributed by atoms with Gasteiger partial charge in [0.05, 0.1) is 5.25 Å². The molecule has 2 aromatic carbocycles. The zero-order valence-corrected chi connectivity index (χ0v) is 18.1. The van der Waals surface area contributed by atoms with Crippen LogP contribution in [0.5, 0.6) is 0 Å². The second-order valence-electron chi connectivity index (χ2n) is 7.10. The molecule has 1 aliphatic rings. The zero-order chi connectivity index (χ0) is 21.1. The second kappa shape index (κ2) is 9.02. The Balaban J connectivity index is 1.59. The van der Waals surface area contributed by atoms with E-state index in [1.54, 1.807) is 24.3 Å². The largest absolute Gasteiger partial charge is 0.278 e. The van der Waals surface area contributed by atoms with Gasteiger partial charge in [-0.05, 0) is 56.2 Å². The SMILES string of the molecule is Cc1nnc(S[C@@H]2CCCCN(C(=O)c3ccc(Cl)cc3)C2=O)n1-c1ccccc1. The third-order valence-electron chi connectivity index (χ3n) is 5.03. The van der Waals surface area contributed by atoms with E-state index >= 15 is 0 Å². The molecule has 30 heavy (non-hydrogen) atoms. The normalized spacial score (nSPS) is 17.1. The molecule has 8 heteroatoms. The molecule has 3 aromatic rings. The molecule has 1 atom stereocenters. The fourth-order valence-electron chi connectivity index (χ4n) is 3.49. The Morgan fingerprint density at radius 2 is 1.80 bits per heavy atom. The first kappa shape index (κ1) is 20.6. The van der Waals surface area contributed by atoms with E-state index in [0.29, 0.717) is 28.7 Å². The molecule has 0 radical (unpaired) electrons. The van der Waals surface area contributed by atoms with Crippen LogP contribution in [-0.2, 0) is 4.79 Å². The van der Waals surface area contributed by atoms with Gasteiger partial charge in [0.2, 0.25) is 5.91 Å². The molecule has 0 unspecified atom stereocenters. The van der Waals surface area contributed by atoms with Crippen LogP contribution in [0.1, 0.15) is 35.4 Å². The molecule has 0 N–H and O–H groups in total. The summed E-state index contributed by atoms with van der Waals surface area (Å²) in [6.07, 6.45) is 2.34. The number of rotatable bonds is 4. The van der Waals surface area contributed by atoms with Gasteiger partial charge in [0.15, 0.2) is 5.16 Å². The average Bonchev–Trinajstić information content (AvgIpc) is 3.02. The molecular formula is C22H21ClN4O2S. The molecule has 0 spiro atoms. The molecule has 0 bridgehead atoms. The van der Waals surface area contributed by atoms with Crippen LogP contribution in [-0.4, -0.2) is 43.3 Å². The Labute approximate surface area is 184 Å². The summed E-state index contributed by atoms with van der Waals surface area (Å²) in [5, 5.41) is 9.31. The van der Waals surface area contributed by atoms with Gasteiger partial charge < -0.3 is 0 Å². The standard InChI is InChI=1S/C22H21ClN4O2S/c1-15-24-25-22(27(15)18-7-3-2-4-8-18)30-19-9-5-6-14-26(21(19)29)20(28)16-10-12-17(23)13-11-16/h2-4,7-8,10-13,19H,5-6,9,14H2,1H3/t19-/m1/s1. The van der Waals surface area contributed by atoms with E-state index in [4.69, 9.17) is 11.6 Å². The van der Waals surface area contributed by atoms with Crippen LogP contribution in [0, 0.1) is 6.92 Å². The predicted octanol–water partition coefficient (Wildman–Crippen LogP) is 4.54. The van der Waals surface area contributed by atoms with Gasteiger partial charge in [-0.3, -0.25) is 19.1 Å². The topological polar surface area (TPSA) is 68.1 Å². The molecule has 154 valence electrons. The van der Waals surface area contributed by atoms with E-state index in [2.05, 4.69) is 10.2 Å². The summed E-state index contributed by atoms with van der Waals surface area (Å²) in [5.41, 5.74) is 1.40. The Morgan fingerprint density at radius 1 is 1.07 bits per heavy atom. The Kier molecular flexibility index (Phi) is 6.20. The van der Waals surface area contributed by atoms with Crippen LogP contribution in [0.15, 0.2) is 59.8 Å². The van der Waals surface area contributed by atoms with Crippen molar-refractivity contribution in [2.45, 2.75) is 36.6 Å². The van der Waals surface area contributed by atoms with E-state index in [1.807, 2.05) is 41.8 Å². The average molecular weight is 441 g/mol. The van der Waals surface area contributed by atoms with Crippen LogP contribution >= 0.6 is 23.4 Å². The van der Waals surface area contributed by atoms with Gasteiger partial charge in [-0.25, -0.2) is 0 Å². The molecule has 0 aliphatic carbocycles. The minimum atomic E-state index is -0.394. The summed E-state index contributed by atoms with van der Waals surface area (Å²) in [7, 11) is 0. The smallest absolute Gasteiger partial charge is 0.260 e. The second-order valence-corrected chi connectivity index (χ2v) is 8.71. The molecule has 4 rings (SSSR count). The van der Waals surface area contributed by atoms with Gasteiger partial charge in [0.1, 0.15) is 5.82 Å². The maximum Gasteiger partial charge on any atom is 0.260 e.